The molecular formula is C12H18BrFN2O. The second-order valence-electron chi connectivity index (χ2n) is 3.73. The zero-order chi connectivity index (χ0) is 12.8. The van der Waals surface area contributed by atoms with Crippen LogP contribution in [0.4, 0.5) is 10.1 Å². The summed E-state index contributed by atoms with van der Waals surface area (Å²) in [5, 5.41) is 8.82. The molecule has 1 aromatic carbocycles. The molecule has 1 aromatic rings. The van der Waals surface area contributed by atoms with E-state index in [1.54, 1.807) is 6.07 Å². The van der Waals surface area contributed by atoms with E-state index in [1.165, 1.54) is 0 Å². The minimum absolute atomic E-state index is 0.111. The zero-order valence-corrected chi connectivity index (χ0v) is 11.5. The van der Waals surface area contributed by atoms with E-state index in [4.69, 9.17) is 10.8 Å². The molecule has 0 radical (unpaired) electrons. The van der Waals surface area contributed by atoms with Crippen LogP contribution >= 0.6 is 15.9 Å². The highest BCUT2D eigenvalue weighted by atomic mass is 79.9. The lowest BCUT2D eigenvalue weighted by Gasteiger charge is -2.24. The molecule has 0 saturated heterocycles. The molecule has 0 fully saturated rings. The molecule has 0 unspecified atom stereocenters. The number of anilines is 1. The Hall–Kier alpha value is -0.650. The van der Waals surface area contributed by atoms with E-state index >= 15 is 0 Å². The van der Waals surface area contributed by atoms with Gasteiger partial charge in [-0.15, -0.1) is 0 Å². The van der Waals surface area contributed by atoms with Crippen molar-refractivity contribution in [2.24, 2.45) is 5.73 Å². The van der Waals surface area contributed by atoms with Crippen molar-refractivity contribution in [3.8, 4) is 0 Å². The number of aliphatic hydroxyl groups is 1. The van der Waals surface area contributed by atoms with Crippen molar-refractivity contribution in [2.45, 2.75) is 19.9 Å². The molecule has 0 amide bonds. The van der Waals surface area contributed by atoms with Gasteiger partial charge in [-0.2, -0.15) is 0 Å². The predicted octanol–water partition coefficient (Wildman–Crippen LogP) is 2.26. The molecule has 0 aliphatic carbocycles. The molecule has 3 nitrogen and oxygen atoms in total. The Balaban J connectivity index is 3.00. The molecule has 3 N–H and O–H groups in total. The number of nitrogens with two attached hydrogens (primary N) is 1. The molecule has 0 aromatic heterocycles. The Kier molecular flexibility index (Phi) is 5.88. The maximum atomic E-state index is 14.1. The first kappa shape index (κ1) is 14.4. The van der Waals surface area contributed by atoms with Crippen molar-refractivity contribution in [3.63, 3.8) is 0 Å². The molecule has 0 spiro atoms. The number of aliphatic hydroxyl groups excluding tert-OH is 1. The smallest absolute Gasteiger partial charge is 0.160 e. The average Bonchev–Trinajstić information content (AvgIpc) is 2.35. The van der Waals surface area contributed by atoms with Gasteiger partial charge in [-0.05, 0) is 40.9 Å². The van der Waals surface area contributed by atoms with E-state index < -0.39 is 0 Å². The highest BCUT2D eigenvalue weighted by Crippen LogP contribution is 2.29. The fourth-order valence-corrected chi connectivity index (χ4v) is 2.19. The lowest BCUT2D eigenvalue weighted by atomic mass is 10.1. The lowest BCUT2D eigenvalue weighted by Crippen LogP contribution is -2.25. The van der Waals surface area contributed by atoms with Gasteiger partial charge < -0.3 is 15.7 Å². The highest BCUT2D eigenvalue weighted by Gasteiger charge is 2.14. The number of halogens is 2. The quantitative estimate of drug-likeness (QED) is 0.847. The van der Waals surface area contributed by atoms with E-state index in [9.17, 15) is 4.39 Å². The second kappa shape index (κ2) is 6.93. The predicted molar refractivity (Wildman–Crippen MR) is 71.6 cm³/mol. The standard InChI is InChI=1S/C12H18BrFN2O/c1-2-16(6-3-7-17)10-5-4-9(8-15)11(13)12(10)14/h4-5,17H,2-3,6-8,15H2,1H3. The Morgan fingerprint density at radius 2 is 2.18 bits per heavy atom. The Labute approximate surface area is 110 Å². The third kappa shape index (κ3) is 3.40. The molecule has 0 bridgehead atoms. The molecule has 96 valence electrons. The first-order chi connectivity index (χ1) is 8.15. The van der Waals surface area contributed by atoms with Gasteiger partial charge in [0.2, 0.25) is 0 Å². The van der Waals surface area contributed by atoms with Crippen LogP contribution in [0.5, 0.6) is 0 Å². The van der Waals surface area contributed by atoms with Gasteiger partial charge in [0, 0.05) is 26.2 Å². The van der Waals surface area contributed by atoms with Gasteiger partial charge in [-0.1, -0.05) is 6.07 Å². The Morgan fingerprint density at radius 3 is 2.71 bits per heavy atom. The van der Waals surface area contributed by atoms with E-state index in [2.05, 4.69) is 15.9 Å². The van der Waals surface area contributed by atoms with Crippen LogP contribution in [0.15, 0.2) is 16.6 Å². The maximum Gasteiger partial charge on any atom is 0.160 e. The molecule has 0 aliphatic heterocycles. The summed E-state index contributed by atoms with van der Waals surface area (Å²) in [5.41, 5.74) is 6.82. The van der Waals surface area contributed by atoms with E-state index in [0.717, 1.165) is 5.56 Å². The van der Waals surface area contributed by atoms with Crippen LogP contribution in [0.2, 0.25) is 0 Å². The Bertz CT molecular complexity index is 374. The summed E-state index contributed by atoms with van der Waals surface area (Å²) in [5.74, 6) is -0.285. The van der Waals surface area contributed by atoms with E-state index in [0.29, 0.717) is 36.2 Å². The van der Waals surface area contributed by atoms with Crippen LogP contribution in [0.25, 0.3) is 0 Å². The summed E-state index contributed by atoms with van der Waals surface area (Å²) in [6, 6.07) is 3.56. The van der Waals surface area contributed by atoms with Crippen molar-refractivity contribution in [2.75, 3.05) is 24.6 Å². The third-order valence-corrected chi connectivity index (χ3v) is 3.53. The largest absolute Gasteiger partial charge is 0.396 e. The maximum absolute atomic E-state index is 14.1. The molecule has 0 heterocycles. The van der Waals surface area contributed by atoms with Crippen LogP contribution in [0, 0.1) is 5.82 Å². The van der Waals surface area contributed by atoms with Gasteiger partial charge in [0.05, 0.1) is 10.2 Å². The topological polar surface area (TPSA) is 49.5 Å². The van der Waals surface area contributed by atoms with Gasteiger partial charge in [0.25, 0.3) is 0 Å². The Morgan fingerprint density at radius 1 is 1.47 bits per heavy atom. The fourth-order valence-electron chi connectivity index (χ4n) is 1.69. The van der Waals surface area contributed by atoms with Crippen molar-refractivity contribution < 1.29 is 9.50 Å². The number of hydrogen-bond acceptors (Lipinski definition) is 3. The SMILES string of the molecule is CCN(CCCO)c1ccc(CN)c(Br)c1F. The number of hydrogen-bond donors (Lipinski definition) is 2. The first-order valence-corrected chi connectivity index (χ1v) is 6.47. The summed E-state index contributed by atoms with van der Waals surface area (Å²) in [7, 11) is 0. The molecule has 1 rings (SSSR count). The average molecular weight is 305 g/mol. The van der Waals surface area contributed by atoms with Crippen LogP contribution < -0.4 is 10.6 Å². The molecule has 17 heavy (non-hydrogen) atoms. The summed E-state index contributed by atoms with van der Waals surface area (Å²) < 4.78 is 14.5. The van der Waals surface area contributed by atoms with Crippen molar-refractivity contribution in [1.29, 1.82) is 0 Å². The van der Waals surface area contributed by atoms with Crippen LogP contribution in [-0.4, -0.2) is 24.8 Å². The van der Waals surface area contributed by atoms with Gasteiger partial charge in [0.1, 0.15) is 0 Å². The second-order valence-corrected chi connectivity index (χ2v) is 4.53. The molecule has 0 saturated carbocycles. The fraction of sp³-hybridized carbons (Fsp3) is 0.500. The molecule has 5 heteroatoms. The highest BCUT2D eigenvalue weighted by molar-refractivity contribution is 9.10. The summed E-state index contributed by atoms with van der Waals surface area (Å²) in [6.45, 7) is 3.71. The monoisotopic (exact) mass is 304 g/mol. The number of rotatable bonds is 6. The van der Waals surface area contributed by atoms with Crippen molar-refractivity contribution in [3.05, 3.63) is 28.0 Å². The van der Waals surface area contributed by atoms with Gasteiger partial charge >= 0.3 is 0 Å². The normalized spacial score (nSPS) is 10.6. The van der Waals surface area contributed by atoms with Crippen LogP contribution in [0.3, 0.4) is 0 Å². The number of nitrogens with zero attached hydrogens (tertiary/aromatic N) is 1. The molecule has 0 atom stereocenters. The van der Waals surface area contributed by atoms with Gasteiger partial charge in [-0.3, -0.25) is 0 Å². The van der Waals surface area contributed by atoms with E-state index in [-0.39, 0.29) is 12.4 Å². The molecular weight excluding hydrogens is 287 g/mol. The zero-order valence-electron chi connectivity index (χ0n) is 9.92. The number of benzene rings is 1. The summed E-state index contributed by atoms with van der Waals surface area (Å²) in [6.07, 6.45) is 0.629. The third-order valence-electron chi connectivity index (χ3n) is 2.67. The molecule has 0 aliphatic rings. The lowest BCUT2D eigenvalue weighted by molar-refractivity contribution is 0.289. The van der Waals surface area contributed by atoms with Crippen molar-refractivity contribution in [1.82, 2.24) is 0 Å². The van der Waals surface area contributed by atoms with Gasteiger partial charge in [0.15, 0.2) is 5.82 Å². The van der Waals surface area contributed by atoms with E-state index in [1.807, 2.05) is 17.9 Å². The van der Waals surface area contributed by atoms with Crippen LogP contribution in [-0.2, 0) is 6.54 Å². The minimum atomic E-state index is -0.285. The first-order valence-electron chi connectivity index (χ1n) is 5.68. The van der Waals surface area contributed by atoms with Gasteiger partial charge in [-0.25, -0.2) is 4.39 Å². The minimum Gasteiger partial charge on any atom is -0.396 e. The summed E-state index contributed by atoms with van der Waals surface area (Å²) >= 11 is 3.23. The summed E-state index contributed by atoms with van der Waals surface area (Å²) in [4.78, 5) is 1.90. The van der Waals surface area contributed by atoms with Crippen molar-refractivity contribution >= 4 is 21.6 Å². The van der Waals surface area contributed by atoms with Crippen LogP contribution in [0.1, 0.15) is 18.9 Å².